The van der Waals surface area contributed by atoms with Gasteiger partial charge < -0.3 is 14.7 Å². The Kier molecular flexibility index (Phi) is 5.47. The zero-order chi connectivity index (χ0) is 19.3. The van der Waals surface area contributed by atoms with Crippen molar-refractivity contribution < 1.29 is 9.53 Å². The van der Waals surface area contributed by atoms with Crippen LogP contribution in [0.25, 0.3) is 21.8 Å². The van der Waals surface area contributed by atoms with E-state index in [-0.39, 0.29) is 11.9 Å². The minimum atomic E-state index is -0.0989. The molecule has 0 aliphatic carbocycles. The summed E-state index contributed by atoms with van der Waals surface area (Å²) < 4.78 is 5.06. The predicted molar refractivity (Wildman–Crippen MR) is 114 cm³/mol. The van der Waals surface area contributed by atoms with Crippen molar-refractivity contribution in [2.24, 2.45) is 0 Å². The molecule has 4 nitrogen and oxygen atoms in total. The van der Waals surface area contributed by atoms with E-state index in [2.05, 4.69) is 70.9 Å². The van der Waals surface area contributed by atoms with Gasteiger partial charge in [0.1, 0.15) is 0 Å². The molecule has 4 rings (SSSR count). The van der Waals surface area contributed by atoms with E-state index in [0.717, 1.165) is 30.3 Å². The van der Waals surface area contributed by atoms with E-state index >= 15 is 0 Å². The van der Waals surface area contributed by atoms with Crippen molar-refractivity contribution in [3.63, 3.8) is 0 Å². The molecule has 2 aromatic heterocycles. The average Bonchev–Trinajstić information content (AvgIpc) is 3.33. The number of nitrogens with one attached hydrogen (secondary N) is 2. The number of esters is 1. The van der Waals surface area contributed by atoms with Crippen molar-refractivity contribution in [1.82, 2.24) is 9.97 Å². The van der Waals surface area contributed by atoms with E-state index in [1.54, 1.807) is 0 Å². The molecule has 0 saturated carbocycles. The number of aromatic amines is 2. The van der Waals surface area contributed by atoms with Gasteiger partial charge in [-0.05, 0) is 43.0 Å². The molecule has 0 spiro atoms. The van der Waals surface area contributed by atoms with Gasteiger partial charge in [0.15, 0.2) is 0 Å². The summed E-state index contributed by atoms with van der Waals surface area (Å²) in [7, 11) is 0. The minimum Gasteiger partial charge on any atom is -0.466 e. The summed E-state index contributed by atoms with van der Waals surface area (Å²) in [5, 5.41) is 2.53. The molecule has 2 heterocycles. The molecule has 0 radical (unpaired) electrons. The van der Waals surface area contributed by atoms with Crippen molar-refractivity contribution >= 4 is 27.8 Å². The van der Waals surface area contributed by atoms with E-state index in [9.17, 15) is 4.79 Å². The smallest absolute Gasteiger partial charge is 0.305 e. The van der Waals surface area contributed by atoms with Gasteiger partial charge in [-0.2, -0.15) is 0 Å². The van der Waals surface area contributed by atoms with Crippen LogP contribution in [0.2, 0.25) is 0 Å². The Balaban J connectivity index is 1.63. The minimum absolute atomic E-state index is 0.0989. The standard InChI is InChI=1S/C24H26N2O2/c1-2-28-24(27)14-8-5-9-17(20-15-25-22-12-6-3-10-18(20)22)21-16-26-23-13-7-4-11-19(21)23/h3-4,6-7,10-13,15-17,25-26H,2,5,8-9,14H2,1H3. The second-order valence-electron chi connectivity index (χ2n) is 7.18. The summed E-state index contributed by atoms with van der Waals surface area (Å²) in [4.78, 5) is 18.5. The molecule has 0 atom stereocenters. The van der Waals surface area contributed by atoms with E-state index in [1.165, 1.54) is 21.9 Å². The summed E-state index contributed by atoms with van der Waals surface area (Å²) in [6, 6.07) is 16.9. The molecular formula is C24H26N2O2. The van der Waals surface area contributed by atoms with Gasteiger partial charge in [-0.1, -0.05) is 42.8 Å². The second kappa shape index (κ2) is 8.34. The SMILES string of the molecule is CCOC(=O)CCCCC(c1c[nH]c2ccccc12)c1c[nH]c2ccccc12. The number of para-hydroxylation sites is 2. The second-order valence-corrected chi connectivity index (χ2v) is 7.18. The third-order valence-corrected chi connectivity index (χ3v) is 5.42. The molecule has 0 unspecified atom stereocenters. The molecule has 0 amide bonds. The maximum Gasteiger partial charge on any atom is 0.305 e. The molecule has 28 heavy (non-hydrogen) atoms. The summed E-state index contributed by atoms with van der Waals surface area (Å²) in [6.07, 6.45) is 7.58. The molecule has 144 valence electrons. The summed E-state index contributed by atoms with van der Waals surface area (Å²) in [6.45, 7) is 2.30. The maximum atomic E-state index is 11.7. The van der Waals surface area contributed by atoms with Gasteiger partial charge in [0.25, 0.3) is 0 Å². The number of carbonyl (C=O) groups excluding carboxylic acids is 1. The Morgan fingerprint density at radius 1 is 0.893 bits per heavy atom. The topological polar surface area (TPSA) is 57.9 Å². The molecule has 2 N–H and O–H groups in total. The first kappa shape index (κ1) is 18.4. The highest BCUT2D eigenvalue weighted by molar-refractivity contribution is 5.88. The van der Waals surface area contributed by atoms with Crippen LogP contribution in [0, 0.1) is 0 Å². The summed E-state index contributed by atoms with van der Waals surface area (Å²) >= 11 is 0. The molecule has 0 fully saturated rings. The molecule has 0 bridgehead atoms. The van der Waals surface area contributed by atoms with Gasteiger partial charge in [-0.25, -0.2) is 0 Å². The van der Waals surface area contributed by atoms with Crippen LogP contribution in [0.3, 0.4) is 0 Å². The number of carbonyl (C=O) groups is 1. The lowest BCUT2D eigenvalue weighted by atomic mass is 9.86. The Morgan fingerprint density at radius 2 is 1.46 bits per heavy atom. The molecule has 0 aliphatic rings. The fourth-order valence-electron chi connectivity index (χ4n) is 4.09. The number of fused-ring (bicyclic) bond motifs is 2. The zero-order valence-corrected chi connectivity index (χ0v) is 16.2. The van der Waals surface area contributed by atoms with Crippen LogP contribution in [0.1, 0.15) is 49.7 Å². The number of hydrogen-bond acceptors (Lipinski definition) is 2. The van der Waals surface area contributed by atoms with Crippen molar-refractivity contribution in [2.75, 3.05) is 6.61 Å². The largest absolute Gasteiger partial charge is 0.466 e. The molecule has 4 heteroatoms. The number of aromatic nitrogens is 2. The van der Waals surface area contributed by atoms with Crippen LogP contribution in [0.4, 0.5) is 0 Å². The maximum absolute atomic E-state index is 11.7. The van der Waals surface area contributed by atoms with Crippen molar-refractivity contribution in [2.45, 2.75) is 38.5 Å². The molecule has 2 aromatic carbocycles. The summed E-state index contributed by atoms with van der Waals surface area (Å²) in [5.41, 5.74) is 4.95. The van der Waals surface area contributed by atoms with Crippen LogP contribution in [0.5, 0.6) is 0 Å². The first-order chi connectivity index (χ1) is 13.8. The van der Waals surface area contributed by atoms with Gasteiger partial charge in [-0.15, -0.1) is 0 Å². The first-order valence-electron chi connectivity index (χ1n) is 10.1. The van der Waals surface area contributed by atoms with E-state index in [1.807, 2.05) is 6.92 Å². The number of rotatable bonds is 8. The van der Waals surface area contributed by atoms with Crippen LogP contribution in [-0.2, 0) is 9.53 Å². The lowest BCUT2D eigenvalue weighted by molar-refractivity contribution is -0.143. The Labute approximate surface area is 164 Å². The zero-order valence-electron chi connectivity index (χ0n) is 16.2. The quantitative estimate of drug-likeness (QED) is 0.298. The first-order valence-corrected chi connectivity index (χ1v) is 10.1. The van der Waals surface area contributed by atoms with Gasteiger partial charge in [-0.3, -0.25) is 4.79 Å². The fourth-order valence-corrected chi connectivity index (χ4v) is 4.09. The molecule has 4 aromatic rings. The molecule has 0 aliphatic heterocycles. The van der Waals surface area contributed by atoms with Gasteiger partial charge in [0.05, 0.1) is 6.61 Å². The summed E-state index contributed by atoms with van der Waals surface area (Å²) in [5.74, 6) is 0.174. The Hall–Kier alpha value is -3.01. The Bertz CT molecular complexity index is 1000. The normalized spacial score (nSPS) is 11.5. The van der Waals surface area contributed by atoms with Gasteiger partial charge >= 0.3 is 5.97 Å². The van der Waals surface area contributed by atoms with Crippen LogP contribution in [0.15, 0.2) is 60.9 Å². The molecular weight excluding hydrogens is 348 g/mol. The highest BCUT2D eigenvalue weighted by Gasteiger charge is 2.21. The molecule has 0 saturated heterocycles. The highest BCUT2D eigenvalue weighted by atomic mass is 16.5. The average molecular weight is 374 g/mol. The van der Waals surface area contributed by atoms with E-state index in [4.69, 9.17) is 4.74 Å². The van der Waals surface area contributed by atoms with Crippen LogP contribution in [-0.4, -0.2) is 22.5 Å². The number of unbranched alkanes of at least 4 members (excludes halogenated alkanes) is 1. The third kappa shape index (κ3) is 3.68. The fraction of sp³-hybridized carbons (Fsp3) is 0.292. The van der Waals surface area contributed by atoms with Gasteiger partial charge in [0, 0.05) is 46.5 Å². The monoisotopic (exact) mass is 374 g/mol. The van der Waals surface area contributed by atoms with Crippen molar-refractivity contribution in [3.8, 4) is 0 Å². The number of ether oxygens (including phenoxy) is 1. The predicted octanol–water partition coefficient (Wildman–Crippen LogP) is 5.90. The van der Waals surface area contributed by atoms with Crippen LogP contribution >= 0.6 is 0 Å². The van der Waals surface area contributed by atoms with Crippen molar-refractivity contribution in [1.29, 1.82) is 0 Å². The lowest BCUT2D eigenvalue weighted by Gasteiger charge is -2.16. The van der Waals surface area contributed by atoms with Gasteiger partial charge in [0.2, 0.25) is 0 Å². The third-order valence-electron chi connectivity index (χ3n) is 5.42. The van der Waals surface area contributed by atoms with Crippen LogP contribution < -0.4 is 0 Å². The number of hydrogen-bond donors (Lipinski definition) is 2. The lowest BCUT2D eigenvalue weighted by Crippen LogP contribution is -2.05. The Morgan fingerprint density at radius 3 is 2.04 bits per heavy atom. The van der Waals surface area contributed by atoms with E-state index in [0.29, 0.717) is 13.0 Å². The van der Waals surface area contributed by atoms with E-state index < -0.39 is 0 Å². The number of H-pyrrole nitrogens is 2. The van der Waals surface area contributed by atoms with Crippen molar-refractivity contribution in [3.05, 3.63) is 72.1 Å². The number of benzene rings is 2. The highest BCUT2D eigenvalue weighted by Crippen LogP contribution is 2.38.